The maximum absolute atomic E-state index is 11.7. The normalized spacial score (nSPS) is 9.68. The van der Waals surface area contributed by atoms with Gasteiger partial charge in [0.15, 0.2) is 6.73 Å². The van der Waals surface area contributed by atoms with Crippen molar-refractivity contribution < 1.29 is 19.1 Å². The van der Waals surface area contributed by atoms with Crippen molar-refractivity contribution in [3.8, 4) is 5.75 Å². The lowest BCUT2D eigenvalue weighted by Crippen LogP contribution is -2.32. The molecule has 0 aliphatic carbocycles. The third kappa shape index (κ3) is 4.52. The largest absolute Gasteiger partial charge is 0.473 e. The van der Waals surface area contributed by atoms with Gasteiger partial charge in [0.2, 0.25) is 0 Å². The lowest BCUT2D eigenvalue weighted by Gasteiger charge is -2.09. The predicted octanol–water partition coefficient (Wildman–Crippen LogP) is 2.63. The zero-order valence-corrected chi connectivity index (χ0v) is 12.0. The van der Waals surface area contributed by atoms with Gasteiger partial charge in [-0.15, -0.1) is 0 Å². The highest BCUT2D eigenvalue weighted by molar-refractivity contribution is 5.92. The Morgan fingerprint density at radius 1 is 1.00 bits per heavy atom. The van der Waals surface area contributed by atoms with Crippen LogP contribution in [0.4, 0.5) is 10.5 Å². The van der Waals surface area contributed by atoms with E-state index in [0.717, 1.165) is 0 Å². The molecule has 2 rings (SSSR count). The smallest absolute Gasteiger partial charge is 0.337 e. The van der Waals surface area contributed by atoms with E-state index in [1.165, 1.54) is 7.11 Å². The van der Waals surface area contributed by atoms with Gasteiger partial charge < -0.3 is 20.1 Å². The molecule has 2 N–H and O–H groups in total. The number of methoxy groups -OCH3 is 1. The van der Waals surface area contributed by atoms with Gasteiger partial charge in [0.05, 0.1) is 12.7 Å². The Hall–Kier alpha value is -3.02. The number of esters is 1. The number of hydrogen-bond acceptors (Lipinski definition) is 4. The van der Waals surface area contributed by atoms with E-state index in [2.05, 4.69) is 15.4 Å². The van der Waals surface area contributed by atoms with E-state index >= 15 is 0 Å². The summed E-state index contributed by atoms with van der Waals surface area (Å²) in [5.74, 6) is 0.248. The summed E-state index contributed by atoms with van der Waals surface area (Å²) in [7, 11) is 1.31. The van der Waals surface area contributed by atoms with Gasteiger partial charge in [-0.1, -0.05) is 18.2 Å². The molecule has 2 aromatic rings. The second-order valence-electron chi connectivity index (χ2n) is 4.30. The summed E-state index contributed by atoms with van der Waals surface area (Å²) < 4.78 is 9.94. The number of anilines is 1. The van der Waals surface area contributed by atoms with Crippen LogP contribution in [0.5, 0.6) is 5.75 Å². The Morgan fingerprint density at radius 2 is 1.68 bits per heavy atom. The molecule has 2 aromatic carbocycles. The van der Waals surface area contributed by atoms with Gasteiger partial charge in [-0.05, 0) is 36.4 Å². The Kier molecular flexibility index (Phi) is 5.37. The average Bonchev–Trinajstić information content (AvgIpc) is 2.56. The first-order valence-corrected chi connectivity index (χ1v) is 6.60. The van der Waals surface area contributed by atoms with Crippen LogP contribution in [0.3, 0.4) is 0 Å². The van der Waals surface area contributed by atoms with Crippen molar-refractivity contribution in [3.63, 3.8) is 0 Å². The first kappa shape index (κ1) is 15.4. The molecule has 0 spiro atoms. The number of ether oxygens (including phenoxy) is 2. The lowest BCUT2D eigenvalue weighted by molar-refractivity contribution is 0.0600. The molecule has 0 unspecified atom stereocenters. The topological polar surface area (TPSA) is 76.7 Å². The van der Waals surface area contributed by atoms with Crippen LogP contribution in [0.15, 0.2) is 54.6 Å². The SMILES string of the molecule is COC(=O)c1ccc(NC(=O)NCOc2ccccc2)cc1. The zero-order chi connectivity index (χ0) is 15.8. The van der Waals surface area contributed by atoms with E-state index in [-0.39, 0.29) is 6.73 Å². The van der Waals surface area contributed by atoms with Crippen LogP contribution in [0.2, 0.25) is 0 Å². The molecule has 0 radical (unpaired) electrons. The van der Waals surface area contributed by atoms with E-state index in [4.69, 9.17) is 4.74 Å². The maximum Gasteiger partial charge on any atom is 0.337 e. The Bertz CT molecular complexity index is 626. The molecule has 0 saturated carbocycles. The third-order valence-corrected chi connectivity index (χ3v) is 2.78. The van der Waals surface area contributed by atoms with Crippen molar-refractivity contribution in [2.24, 2.45) is 0 Å². The first-order valence-electron chi connectivity index (χ1n) is 6.60. The van der Waals surface area contributed by atoms with Gasteiger partial charge in [0.25, 0.3) is 0 Å². The number of carbonyl (C=O) groups is 2. The summed E-state index contributed by atoms with van der Waals surface area (Å²) >= 11 is 0. The highest BCUT2D eigenvalue weighted by Gasteiger charge is 2.06. The fourth-order valence-corrected chi connectivity index (χ4v) is 1.68. The summed E-state index contributed by atoms with van der Waals surface area (Å²) in [5.41, 5.74) is 0.978. The minimum absolute atomic E-state index is 0.0517. The highest BCUT2D eigenvalue weighted by Crippen LogP contribution is 2.10. The van der Waals surface area contributed by atoms with Gasteiger partial charge in [-0.2, -0.15) is 0 Å². The number of carbonyl (C=O) groups excluding carboxylic acids is 2. The molecule has 0 aliphatic rings. The van der Waals surface area contributed by atoms with E-state index in [1.807, 2.05) is 18.2 Å². The van der Waals surface area contributed by atoms with Crippen molar-refractivity contribution in [2.75, 3.05) is 19.2 Å². The third-order valence-electron chi connectivity index (χ3n) is 2.78. The molecule has 114 valence electrons. The van der Waals surface area contributed by atoms with E-state index in [9.17, 15) is 9.59 Å². The van der Waals surface area contributed by atoms with Crippen LogP contribution < -0.4 is 15.4 Å². The van der Waals surface area contributed by atoms with Crippen LogP contribution in [0, 0.1) is 0 Å². The maximum atomic E-state index is 11.7. The number of amides is 2. The van der Waals surface area contributed by atoms with Crippen molar-refractivity contribution in [1.82, 2.24) is 5.32 Å². The van der Waals surface area contributed by atoms with E-state index in [1.54, 1.807) is 36.4 Å². The number of urea groups is 1. The number of hydrogen-bond donors (Lipinski definition) is 2. The quantitative estimate of drug-likeness (QED) is 0.657. The fraction of sp³-hybridized carbons (Fsp3) is 0.125. The summed E-state index contributed by atoms with van der Waals surface area (Å²) in [6.45, 7) is 0.0517. The average molecular weight is 300 g/mol. The van der Waals surface area contributed by atoms with Gasteiger partial charge >= 0.3 is 12.0 Å². The second-order valence-corrected chi connectivity index (χ2v) is 4.30. The van der Waals surface area contributed by atoms with Crippen LogP contribution >= 0.6 is 0 Å². The predicted molar refractivity (Wildman–Crippen MR) is 81.9 cm³/mol. The van der Waals surface area contributed by atoms with Gasteiger partial charge in [0.1, 0.15) is 5.75 Å². The molecule has 0 atom stereocenters. The molecular formula is C16H16N2O4. The van der Waals surface area contributed by atoms with Crippen molar-refractivity contribution >= 4 is 17.7 Å². The monoisotopic (exact) mass is 300 g/mol. The molecule has 0 aromatic heterocycles. The van der Waals surface area contributed by atoms with Crippen molar-refractivity contribution in [1.29, 1.82) is 0 Å². The summed E-state index contributed by atoms with van der Waals surface area (Å²) in [5, 5.41) is 5.19. The number of para-hydroxylation sites is 1. The first-order chi connectivity index (χ1) is 10.7. The number of benzene rings is 2. The van der Waals surface area contributed by atoms with Crippen LogP contribution in [-0.4, -0.2) is 25.8 Å². The highest BCUT2D eigenvalue weighted by atomic mass is 16.5. The summed E-state index contributed by atoms with van der Waals surface area (Å²) in [6, 6.07) is 15.1. The minimum atomic E-state index is -0.424. The molecular weight excluding hydrogens is 284 g/mol. The van der Waals surface area contributed by atoms with Crippen molar-refractivity contribution in [2.45, 2.75) is 0 Å². The molecule has 0 bridgehead atoms. The Labute approximate surface area is 128 Å². The van der Waals surface area contributed by atoms with E-state index in [0.29, 0.717) is 17.0 Å². The minimum Gasteiger partial charge on any atom is -0.473 e. The Balaban J connectivity index is 1.78. The fourth-order valence-electron chi connectivity index (χ4n) is 1.68. The number of rotatable bonds is 5. The van der Waals surface area contributed by atoms with Crippen LogP contribution in [0.1, 0.15) is 10.4 Å². The van der Waals surface area contributed by atoms with Crippen LogP contribution in [-0.2, 0) is 4.74 Å². The van der Waals surface area contributed by atoms with Gasteiger partial charge in [0, 0.05) is 5.69 Å². The van der Waals surface area contributed by atoms with E-state index < -0.39 is 12.0 Å². The summed E-state index contributed by atoms with van der Waals surface area (Å²) in [4.78, 5) is 23.0. The molecule has 0 saturated heterocycles. The molecule has 0 fully saturated rings. The van der Waals surface area contributed by atoms with Gasteiger partial charge in [-0.25, -0.2) is 9.59 Å². The summed E-state index contributed by atoms with van der Waals surface area (Å²) in [6.07, 6.45) is 0. The molecule has 0 heterocycles. The molecule has 6 nitrogen and oxygen atoms in total. The van der Waals surface area contributed by atoms with Crippen LogP contribution in [0.25, 0.3) is 0 Å². The number of nitrogens with one attached hydrogen (secondary N) is 2. The Morgan fingerprint density at radius 3 is 2.32 bits per heavy atom. The molecule has 2 amide bonds. The van der Waals surface area contributed by atoms with Crippen molar-refractivity contribution in [3.05, 3.63) is 60.2 Å². The lowest BCUT2D eigenvalue weighted by atomic mass is 10.2. The second kappa shape index (κ2) is 7.68. The molecule has 22 heavy (non-hydrogen) atoms. The van der Waals surface area contributed by atoms with Gasteiger partial charge in [-0.3, -0.25) is 0 Å². The standard InChI is InChI=1S/C16H16N2O4/c1-21-15(19)12-7-9-13(10-8-12)18-16(20)17-11-22-14-5-3-2-4-6-14/h2-10H,11H2,1H3,(H2,17,18,20). The molecule has 6 heteroatoms. The molecule has 0 aliphatic heterocycles. The zero-order valence-electron chi connectivity index (χ0n) is 12.0.